The molecule has 5 heteroatoms. The van der Waals surface area contributed by atoms with Gasteiger partial charge >= 0.3 is 0 Å². The molecule has 0 aliphatic rings. The van der Waals surface area contributed by atoms with Crippen molar-refractivity contribution in [1.29, 1.82) is 0 Å². The van der Waals surface area contributed by atoms with Crippen LogP contribution in [0.3, 0.4) is 0 Å². The molecular weight excluding hydrogens is 216 g/mol. The molecule has 0 saturated carbocycles. The highest BCUT2D eigenvalue weighted by atomic mass is 16.5. The van der Waals surface area contributed by atoms with Crippen LogP contribution in [-0.2, 0) is 13.1 Å². The number of nitrogens with zero attached hydrogens (tertiary/aromatic N) is 3. The molecule has 2 rings (SSSR count). The molecule has 0 saturated heterocycles. The number of hydrogen-bond acceptors (Lipinski definition) is 4. The third-order valence-electron chi connectivity index (χ3n) is 2.59. The zero-order valence-electron chi connectivity index (χ0n) is 10.5. The molecule has 0 aliphatic carbocycles. The maximum absolute atomic E-state index is 5.23. The van der Waals surface area contributed by atoms with E-state index in [2.05, 4.69) is 39.9 Å². The van der Waals surface area contributed by atoms with Gasteiger partial charge < -0.3 is 14.4 Å². The van der Waals surface area contributed by atoms with Crippen LogP contribution in [0.15, 0.2) is 22.9 Å². The third-order valence-corrected chi connectivity index (χ3v) is 2.59. The lowest BCUT2D eigenvalue weighted by Crippen LogP contribution is -2.11. The first-order chi connectivity index (χ1) is 8.20. The van der Waals surface area contributed by atoms with E-state index in [1.165, 1.54) is 5.69 Å². The van der Waals surface area contributed by atoms with Gasteiger partial charge in [-0.25, -0.2) is 0 Å². The monoisotopic (exact) mass is 234 g/mol. The van der Waals surface area contributed by atoms with Crippen LogP contribution in [0.2, 0.25) is 0 Å². The second-order valence-corrected chi connectivity index (χ2v) is 4.36. The molecule has 92 valence electrons. The fourth-order valence-corrected chi connectivity index (χ4v) is 1.66. The fourth-order valence-electron chi connectivity index (χ4n) is 1.66. The van der Waals surface area contributed by atoms with Crippen LogP contribution in [0.25, 0.3) is 0 Å². The van der Waals surface area contributed by atoms with E-state index in [-0.39, 0.29) is 0 Å². The van der Waals surface area contributed by atoms with Crippen molar-refractivity contribution in [1.82, 2.24) is 20.0 Å². The van der Waals surface area contributed by atoms with Crippen LogP contribution in [0.4, 0.5) is 0 Å². The average molecular weight is 234 g/mol. The van der Waals surface area contributed by atoms with Gasteiger partial charge in [-0.2, -0.15) is 4.98 Å². The summed E-state index contributed by atoms with van der Waals surface area (Å²) in [5.41, 5.74) is 1.21. The normalized spacial score (nSPS) is 11.3. The highest BCUT2D eigenvalue weighted by Gasteiger charge is 2.10. The van der Waals surface area contributed by atoms with Gasteiger partial charge in [-0.05, 0) is 19.2 Å². The Morgan fingerprint density at radius 3 is 2.94 bits per heavy atom. The largest absolute Gasteiger partial charge is 0.341 e. The van der Waals surface area contributed by atoms with Crippen LogP contribution in [0, 0.1) is 0 Å². The molecule has 0 radical (unpaired) electrons. The predicted molar refractivity (Wildman–Crippen MR) is 64.7 cm³/mol. The fraction of sp³-hybridized carbons (Fsp3) is 0.500. The highest BCUT2D eigenvalue weighted by molar-refractivity contribution is 5.08. The van der Waals surface area contributed by atoms with E-state index < -0.39 is 0 Å². The summed E-state index contributed by atoms with van der Waals surface area (Å²) in [6.07, 6.45) is 2.02. The Kier molecular flexibility index (Phi) is 3.58. The minimum Gasteiger partial charge on any atom is -0.341 e. The van der Waals surface area contributed by atoms with E-state index in [4.69, 9.17) is 4.52 Å². The molecule has 2 aromatic rings. The minimum absolute atomic E-state index is 0.300. The van der Waals surface area contributed by atoms with Gasteiger partial charge in [-0.15, -0.1) is 0 Å². The van der Waals surface area contributed by atoms with Gasteiger partial charge in [-0.1, -0.05) is 19.0 Å². The number of rotatable bonds is 5. The summed E-state index contributed by atoms with van der Waals surface area (Å²) in [5.74, 6) is 1.72. The Balaban J connectivity index is 2.11. The first-order valence-electron chi connectivity index (χ1n) is 5.81. The van der Waals surface area contributed by atoms with Crippen molar-refractivity contribution >= 4 is 0 Å². The van der Waals surface area contributed by atoms with Crippen molar-refractivity contribution in [3.63, 3.8) is 0 Å². The van der Waals surface area contributed by atoms with Gasteiger partial charge in [-0.3, -0.25) is 0 Å². The van der Waals surface area contributed by atoms with E-state index in [9.17, 15) is 0 Å². The summed E-state index contributed by atoms with van der Waals surface area (Å²) in [5, 5.41) is 7.09. The molecule has 2 heterocycles. The lowest BCUT2D eigenvalue weighted by molar-refractivity contribution is 0.363. The van der Waals surface area contributed by atoms with Crippen LogP contribution in [-0.4, -0.2) is 21.8 Å². The Bertz CT molecular complexity index is 472. The molecule has 5 nitrogen and oxygen atoms in total. The van der Waals surface area contributed by atoms with Gasteiger partial charge in [0.15, 0.2) is 5.82 Å². The van der Waals surface area contributed by atoms with Crippen LogP contribution in [0.5, 0.6) is 0 Å². The van der Waals surface area contributed by atoms with E-state index in [1.54, 1.807) is 0 Å². The van der Waals surface area contributed by atoms with Gasteiger partial charge in [0.1, 0.15) is 6.54 Å². The smallest absolute Gasteiger partial charge is 0.246 e. The lowest BCUT2D eigenvalue weighted by Gasteiger charge is -2.05. The lowest BCUT2D eigenvalue weighted by atomic mass is 10.2. The van der Waals surface area contributed by atoms with Crippen molar-refractivity contribution < 1.29 is 4.52 Å². The zero-order valence-corrected chi connectivity index (χ0v) is 10.5. The zero-order chi connectivity index (χ0) is 12.3. The Morgan fingerprint density at radius 1 is 1.47 bits per heavy atom. The molecule has 0 bridgehead atoms. The first-order valence-corrected chi connectivity index (χ1v) is 5.81. The average Bonchev–Trinajstić information content (AvgIpc) is 2.90. The topological polar surface area (TPSA) is 55.9 Å². The Hall–Kier alpha value is -1.62. The van der Waals surface area contributed by atoms with Crippen molar-refractivity contribution in [3.8, 4) is 0 Å². The quantitative estimate of drug-likeness (QED) is 0.856. The van der Waals surface area contributed by atoms with Gasteiger partial charge in [0.05, 0.1) is 0 Å². The maximum atomic E-state index is 5.23. The van der Waals surface area contributed by atoms with E-state index in [0.717, 1.165) is 12.4 Å². The molecule has 0 unspecified atom stereocenters. The SMILES string of the molecule is CNCc1cccn1Cc1nc(C(C)C)no1. The second kappa shape index (κ2) is 5.14. The molecule has 0 aliphatic heterocycles. The van der Waals surface area contributed by atoms with Crippen LogP contribution < -0.4 is 5.32 Å². The third kappa shape index (κ3) is 2.74. The summed E-state index contributed by atoms with van der Waals surface area (Å²) in [7, 11) is 1.93. The van der Waals surface area contributed by atoms with Crippen LogP contribution >= 0.6 is 0 Å². The molecule has 2 aromatic heterocycles. The number of aromatic nitrogens is 3. The first kappa shape index (κ1) is 11.9. The van der Waals surface area contributed by atoms with Crippen molar-refractivity contribution in [3.05, 3.63) is 35.7 Å². The van der Waals surface area contributed by atoms with Crippen LogP contribution in [0.1, 0.15) is 37.2 Å². The maximum Gasteiger partial charge on any atom is 0.246 e. The second-order valence-electron chi connectivity index (χ2n) is 4.36. The van der Waals surface area contributed by atoms with E-state index >= 15 is 0 Å². The molecule has 0 aromatic carbocycles. The summed E-state index contributed by atoms with van der Waals surface area (Å²) >= 11 is 0. The molecule has 0 fully saturated rings. The summed E-state index contributed by atoms with van der Waals surface area (Å²) in [6, 6.07) is 4.10. The number of hydrogen-bond donors (Lipinski definition) is 1. The van der Waals surface area contributed by atoms with Gasteiger partial charge in [0.2, 0.25) is 5.89 Å². The Morgan fingerprint density at radius 2 is 2.29 bits per heavy atom. The minimum atomic E-state index is 0.300. The molecular formula is C12H18N4O. The number of nitrogens with one attached hydrogen (secondary N) is 1. The molecule has 0 atom stereocenters. The Labute approximate surface area is 101 Å². The summed E-state index contributed by atoms with van der Waals surface area (Å²) < 4.78 is 7.34. The summed E-state index contributed by atoms with van der Waals surface area (Å²) in [4.78, 5) is 4.37. The molecule has 1 N–H and O–H groups in total. The summed E-state index contributed by atoms with van der Waals surface area (Å²) in [6.45, 7) is 5.56. The van der Waals surface area contributed by atoms with Crippen molar-refractivity contribution in [2.24, 2.45) is 0 Å². The predicted octanol–water partition coefficient (Wildman–Crippen LogP) is 1.76. The van der Waals surface area contributed by atoms with Crippen molar-refractivity contribution in [2.45, 2.75) is 32.9 Å². The van der Waals surface area contributed by atoms with Gasteiger partial charge in [0.25, 0.3) is 0 Å². The van der Waals surface area contributed by atoms with E-state index in [1.807, 2.05) is 19.3 Å². The van der Waals surface area contributed by atoms with Crippen molar-refractivity contribution in [2.75, 3.05) is 7.05 Å². The molecule has 0 amide bonds. The standard InChI is InChI=1S/C12H18N4O/c1-9(2)12-14-11(17-15-12)8-16-6-4-5-10(16)7-13-3/h4-6,9,13H,7-8H2,1-3H3. The molecule has 17 heavy (non-hydrogen) atoms. The highest BCUT2D eigenvalue weighted by Crippen LogP contribution is 2.11. The molecule has 0 spiro atoms. The van der Waals surface area contributed by atoms with Gasteiger partial charge in [0, 0.05) is 24.4 Å². The van der Waals surface area contributed by atoms with E-state index in [0.29, 0.717) is 18.4 Å².